The van der Waals surface area contributed by atoms with E-state index in [-0.39, 0.29) is 17.8 Å². The second kappa shape index (κ2) is 8.34. The predicted molar refractivity (Wildman–Crippen MR) is 88.2 cm³/mol. The van der Waals surface area contributed by atoms with E-state index < -0.39 is 0 Å². The summed E-state index contributed by atoms with van der Waals surface area (Å²) in [6.07, 6.45) is 1.74. The number of nitrogens with zero attached hydrogens (tertiary/aromatic N) is 1. The molecular formula is C16H23ClFN3O. The van der Waals surface area contributed by atoms with Crippen LogP contribution in [0.25, 0.3) is 0 Å². The average Bonchev–Trinajstić information content (AvgIpc) is 3.22. The molecular weight excluding hydrogens is 305 g/mol. The number of hydrogen-bond acceptors (Lipinski definition) is 2. The highest BCUT2D eigenvalue weighted by molar-refractivity contribution is 6.31. The summed E-state index contributed by atoms with van der Waals surface area (Å²) in [7, 11) is 1.68. The van der Waals surface area contributed by atoms with Crippen LogP contribution in [0, 0.1) is 5.82 Å². The minimum Gasteiger partial charge on any atom is -0.385 e. The molecule has 1 saturated carbocycles. The lowest BCUT2D eigenvalue weighted by atomic mass is 10.1. The van der Waals surface area contributed by atoms with E-state index in [9.17, 15) is 4.39 Å². The Morgan fingerprint density at radius 2 is 2.32 bits per heavy atom. The first-order valence-electron chi connectivity index (χ1n) is 7.65. The summed E-state index contributed by atoms with van der Waals surface area (Å²) in [6, 6.07) is 5.00. The number of rotatable bonds is 7. The van der Waals surface area contributed by atoms with Crippen molar-refractivity contribution in [1.82, 2.24) is 10.6 Å². The third kappa shape index (κ3) is 4.58. The lowest BCUT2D eigenvalue weighted by Crippen LogP contribution is -2.39. The standard InChI is InChI=1S/C16H23ClFN3O/c1-3-19-16(20-8-5-9-22-2)21-14-10-11(14)15-12(17)6-4-7-13(15)18/h4,6-7,11,14H,3,5,8-10H2,1-2H3,(H2,19,20,21). The highest BCUT2D eigenvalue weighted by atomic mass is 35.5. The van der Waals surface area contributed by atoms with E-state index in [1.807, 2.05) is 6.92 Å². The van der Waals surface area contributed by atoms with Gasteiger partial charge in [-0.15, -0.1) is 0 Å². The minimum absolute atomic E-state index is 0.108. The predicted octanol–water partition coefficient (Wildman–Crippen LogP) is 2.93. The Bertz CT molecular complexity index is 504. The van der Waals surface area contributed by atoms with E-state index in [2.05, 4.69) is 15.6 Å². The number of halogens is 2. The molecule has 0 bridgehead atoms. The van der Waals surface area contributed by atoms with Gasteiger partial charge in [-0.05, 0) is 31.9 Å². The molecule has 1 aromatic rings. The van der Waals surface area contributed by atoms with Crippen molar-refractivity contribution in [2.75, 3.05) is 26.8 Å². The Morgan fingerprint density at radius 3 is 3.00 bits per heavy atom. The van der Waals surface area contributed by atoms with Crippen LogP contribution in [-0.2, 0) is 4.74 Å². The molecule has 0 spiro atoms. The quantitative estimate of drug-likeness (QED) is 0.460. The van der Waals surface area contributed by atoms with Crippen molar-refractivity contribution in [2.24, 2.45) is 4.99 Å². The van der Waals surface area contributed by atoms with Crippen LogP contribution in [0.2, 0.25) is 5.02 Å². The molecule has 1 fully saturated rings. The number of methoxy groups -OCH3 is 1. The lowest BCUT2D eigenvalue weighted by Gasteiger charge is -2.12. The maximum absolute atomic E-state index is 13.9. The second-order valence-corrected chi connectivity index (χ2v) is 5.74. The van der Waals surface area contributed by atoms with Gasteiger partial charge in [0.25, 0.3) is 0 Å². The number of aliphatic imine (C=N–C) groups is 1. The van der Waals surface area contributed by atoms with E-state index in [0.717, 1.165) is 25.3 Å². The molecule has 1 aromatic carbocycles. The van der Waals surface area contributed by atoms with Gasteiger partial charge in [-0.25, -0.2) is 4.39 Å². The van der Waals surface area contributed by atoms with E-state index >= 15 is 0 Å². The van der Waals surface area contributed by atoms with Crippen molar-refractivity contribution in [3.05, 3.63) is 34.6 Å². The number of guanidine groups is 1. The Labute approximate surface area is 136 Å². The summed E-state index contributed by atoms with van der Waals surface area (Å²) in [5, 5.41) is 7.04. The normalized spacial score (nSPS) is 20.8. The Hall–Kier alpha value is -1.33. The Morgan fingerprint density at radius 1 is 1.50 bits per heavy atom. The van der Waals surface area contributed by atoms with Gasteiger partial charge in [-0.1, -0.05) is 17.7 Å². The maximum Gasteiger partial charge on any atom is 0.191 e. The van der Waals surface area contributed by atoms with Gasteiger partial charge in [0.1, 0.15) is 5.82 Å². The molecule has 6 heteroatoms. The largest absolute Gasteiger partial charge is 0.385 e. The van der Waals surface area contributed by atoms with E-state index in [1.54, 1.807) is 19.2 Å². The highest BCUT2D eigenvalue weighted by Crippen LogP contribution is 2.44. The van der Waals surface area contributed by atoms with Crippen molar-refractivity contribution in [3.8, 4) is 0 Å². The average molecular weight is 328 g/mol. The zero-order valence-electron chi connectivity index (χ0n) is 13.0. The molecule has 0 saturated heterocycles. The molecule has 0 aliphatic heterocycles. The summed E-state index contributed by atoms with van der Waals surface area (Å²) in [5.74, 6) is 0.638. The highest BCUT2D eigenvalue weighted by Gasteiger charge is 2.41. The molecule has 2 rings (SSSR count). The zero-order valence-corrected chi connectivity index (χ0v) is 13.8. The monoisotopic (exact) mass is 327 g/mol. The van der Waals surface area contributed by atoms with Crippen LogP contribution in [0.1, 0.15) is 31.2 Å². The smallest absolute Gasteiger partial charge is 0.191 e. The molecule has 2 unspecified atom stereocenters. The van der Waals surface area contributed by atoms with Gasteiger partial charge in [0, 0.05) is 49.4 Å². The molecule has 22 heavy (non-hydrogen) atoms. The molecule has 4 nitrogen and oxygen atoms in total. The van der Waals surface area contributed by atoms with Crippen LogP contribution >= 0.6 is 11.6 Å². The van der Waals surface area contributed by atoms with Crippen molar-refractivity contribution in [3.63, 3.8) is 0 Å². The third-order valence-electron chi connectivity index (χ3n) is 3.60. The molecule has 0 radical (unpaired) electrons. The summed E-state index contributed by atoms with van der Waals surface area (Å²) in [4.78, 5) is 4.49. The summed E-state index contributed by atoms with van der Waals surface area (Å²) < 4.78 is 18.9. The molecule has 1 aliphatic rings. The van der Waals surface area contributed by atoms with Gasteiger partial charge in [0.2, 0.25) is 0 Å². The topological polar surface area (TPSA) is 45.7 Å². The molecule has 0 heterocycles. The fraction of sp³-hybridized carbons (Fsp3) is 0.562. The first kappa shape index (κ1) is 17.0. The number of benzene rings is 1. The first-order chi connectivity index (χ1) is 10.7. The fourth-order valence-electron chi connectivity index (χ4n) is 2.43. The molecule has 2 atom stereocenters. The molecule has 2 N–H and O–H groups in total. The summed E-state index contributed by atoms with van der Waals surface area (Å²) in [5.41, 5.74) is 0.608. The van der Waals surface area contributed by atoms with E-state index in [0.29, 0.717) is 23.7 Å². The van der Waals surface area contributed by atoms with Crippen LogP contribution in [-0.4, -0.2) is 38.8 Å². The van der Waals surface area contributed by atoms with Crippen molar-refractivity contribution >= 4 is 17.6 Å². The van der Waals surface area contributed by atoms with E-state index in [1.165, 1.54) is 6.07 Å². The number of nitrogens with one attached hydrogen (secondary N) is 2. The molecule has 0 amide bonds. The SMILES string of the molecule is CCNC(=NCCCOC)NC1CC1c1c(F)cccc1Cl. The molecule has 122 valence electrons. The zero-order chi connectivity index (χ0) is 15.9. The fourth-order valence-corrected chi connectivity index (χ4v) is 2.74. The third-order valence-corrected chi connectivity index (χ3v) is 3.93. The minimum atomic E-state index is -0.233. The van der Waals surface area contributed by atoms with Gasteiger partial charge in [0.15, 0.2) is 5.96 Å². The number of ether oxygens (including phenoxy) is 1. The van der Waals surface area contributed by atoms with Gasteiger partial charge in [-0.2, -0.15) is 0 Å². The van der Waals surface area contributed by atoms with Crippen LogP contribution < -0.4 is 10.6 Å². The van der Waals surface area contributed by atoms with Crippen LogP contribution in [0.4, 0.5) is 4.39 Å². The van der Waals surface area contributed by atoms with Crippen LogP contribution in [0.15, 0.2) is 23.2 Å². The number of hydrogen-bond donors (Lipinski definition) is 2. The molecule has 0 aromatic heterocycles. The van der Waals surface area contributed by atoms with Crippen molar-refractivity contribution in [2.45, 2.75) is 31.7 Å². The van der Waals surface area contributed by atoms with E-state index in [4.69, 9.17) is 16.3 Å². The van der Waals surface area contributed by atoms with Crippen LogP contribution in [0.3, 0.4) is 0 Å². The van der Waals surface area contributed by atoms with Crippen LogP contribution in [0.5, 0.6) is 0 Å². The molecule has 1 aliphatic carbocycles. The second-order valence-electron chi connectivity index (χ2n) is 5.34. The first-order valence-corrected chi connectivity index (χ1v) is 8.02. The maximum atomic E-state index is 13.9. The van der Waals surface area contributed by atoms with Gasteiger partial charge in [-0.3, -0.25) is 4.99 Å². The Balaban J connectivity index is 1.93. The summed E-state index contributed by atoms with van der Waals surface area (Å²) in [6.45, 7) is 4.19. The van der Waals surface area contributed by atoms with Crippen molar-refractivity contribution in [1.29, 1.82) is 0 Å². The summed E-state index contributed by atoms with van der Waals surface area (Å²) >= 11 is 6.12. The van der Waals surface area contributed by atoms with Crippen molar-refractivity contribution < 1.29 is 9.13 Å². The Kier molecular flexibility index (Phi) is 6.46. The van der Waals surface area contributed by atoms with Gasteiger partial charge >= 0.3 is 0 Å². The van der Waals surface area contributed by atoms with Gasteiger partial charge in [0.05, 0.1) is 0 Å². The van der Waals surface area contributed by atoms with Gasteiger partial charge < -0.3 is 15.4 Å². The lowest BCUT2D eigenvalue weighted by molar-refractivity contribution is 0.197.